The summed E-state index contributed by atoms with van der Waals surface area (Å²) in [4.78, 5) is 6.98. The molecule has 110 valence electrons. The molecule has 3 rings (SSSR count). The Kier molecular flexibility index (Phi) is 4.43. The molecule has 0 amide bonds. The van der Waals surface area contributed by atoms with Crippen LogP contribution in [0.15, 0.2) is 12.3 Å². The Bertz CT molecular complexity index is 478. The van der Waals surface area contributed by atoms with Crippen LogP contribution in [0.25, 0.3) is 0 Å². The first kappa shape index (κ1) is 14.5. The van der Waals surface area contributed by atoms with E-state index < -0.39 is 0 Å². The number of thioether (sulfide) groups is 1. The summed E-state index contributed by atoms with van der Waals surface area (Å²) in [5.41, 5.74) is 1.18. The summed E-state index contributed by atoms with van der Waals surface area (Å²) in [6.07, 6.45) is 4.58. The summed E-state index contributed by atoms with van der Waals surface area (Å²) in [5, 5.41) is 4.91. The zero-order chi connectivity index (χ0) is 14.1. The number of nitrogens with zero attached hydrogens (tertiary/aromatic N) is 2. The smallest absolute Gasteiger partial charge is 0.147 e. The number of anilines is 1. The van der Waals surface area contributed by atoms with Gasteiger partial charge in [-0.1, -0.05) is 18.5 Å². The van der Waals surface area contributed by atoms with Crippen LogP contribution in [-0.4, -0.2) is 34.6 Å². The summed E-state index contributed by atoms with van der Waals surface area (Å²) in [6.45, 7) is 6.45. The Labute approximate surface area is 130 Å². The molecule has 0 radical (unpaired) electrons. The monoisotopic (exact) mass is 311 g/mol. The lowest BCUT2D eigenvalue weighted by molar-refractivity contribution is 0.619. The number of hydrogen-bond donors (Lipinski definition) is 1. The Morgan fingerprint density at radius 3 is 2.95 bits per heavy atom. The van der Waals surface area contributed by atoms with E-state index >= 15 is 0 Å². The summed E-state index contributed by atoms with van der Waals surface area (Å²) in [7, 11) is 0. The lowest BCUT2D eigenvalue weighted by Crippen LogP contribution is -2.45. The van der Waals surface area contributed by atoms with Crippen LogP contribution in [-0.2, 0) is 6.54 Å². The first-order valence-electron chi connectivity index (χ1n) is 7.41. The minimum atomic E-state index is 0.481. The van der Waals surface area contributed by atoms with Gasteiger partial charge in [0.25, 0.3) is 0 Å². The molecule has 20 heavy (non-hydrogen) atoms. The van der Waals surface area contributed by atoms with Gasteiger partial charge in [0, 0.05) is 42.4 Å². The Balaban J connectivity index is 1.72. The topological polar surface area (TPSA) is 28.2 Å². The second-order valence-corrected chi connectivity index (χ2v) is 7.71. The van der Waals surface area contributed by atoms with Crippen molar-refractivity contribution in [3.63, 3.8) is 0 Å². The maximum absolute atomic E-state index is 6.47. The van der Waals surface area contributed by atoms with Crippen molar-refractivity contribution in [2.24, 2.45) is 0 Å². The number of halogens is 1. The van der Waals surface area contributed by atoms with E-state index in [4.69, 9.17) is 11.6 Å². The maximum Gasteiger partial charge on any atom is 0.147 e. The third-order valence-electron chi connectivity index (χ3n) is 4.21. The van der Waals surface area contributed by atoms with Crippen LogP contribution in [0, 0.1) is 0 Å². The van der Waals surface area contributed by atoms with Crippen LogP contribution in [0.5, 0.6) is 0 Å². The lowest BCUT2D eigenvalue weighted by atomic mass is 10.2. The van der Waals surface area contributed by atoms with Gasteiger partial charge in [0.15, 0.2) is 0 Å². The highest BCUT2D eigenvalue weighted by Gasteiger charge is 2.27. The van der Waals surface area contributed by atoms with Gasteiger partial charge in [-0.3, -0.25) is 0 Å². The largest absolute Gasteiger partial charge is 0.351 e. The molecule has 2 atom stereocenters. The zero-order valence-corrected chi connectivity index (χ0v) is 13.7. The van der Waals surface area contributed by atoms with E-state index in [0.717, 1.165) is 29.7 Å². The summed E-state index contributed by atoms with van der Waals surface area (Å²) < 4.78 is 0. The van der Waals surface area contributed by atoms with Crippen molar-refractivity contribution < 1.29 is 0 Å². The van der Waals surface area contributed by atoms with E-state index in [1.807, 2.05) is 18.0 Å². The van der Waals surface area contributed by atoms with E-state index in [2.05, 4.69) is 35.1 Å². The van der Waals surface area contributed by atoms with E-state index in [9.17, 15) is 0 Å². The molecule has 2 unspecified atom stereocenters. The summed E-state index contributed by atoms with van der Waals surface area (Å²) in [5.74, 6) is 2.09. The van der Waals surface area contributed by atoms with Crippen LogP contribution in [0.4, 0.5) is 5.82 Å². The van der Waals surface area contributed by atoms with Crippen molar-refractivity contribution in [2.45, 2.75) is 50.6 Å². The standard InChI is InChI=1S/C15H22ClN3S/c1-10-11(2)20-6-5-19(10)15-14(16)7-12(9-18-15)8-17-13-3-4-13/h7,9-11,13,17H,3-6,8H2,1-2H3. The van der Waals surface area contributed by atoms with Crippen molar-refractivity contribution >= 4 is 29.2 Å². The molecule has 1 saturated carbocycles. The number of hydrogen-bond acceptors (Lipinski definition) is 4. The van der Waals surface area contributed by atoms with Gasteiger partial charge in [0.2, 0.25) is 0 Å². The summed E-state index contributed by atoms with van der Waals surface area (Å²) in [6, 6.07) is 3.26. The Morgan fingerprint density at radius 2 is 2.25 bits per heavy atom. The molecule has 1 aromatic heterocycles. The van der Waals surface area contributed by atoms with Gasteiger partial charge in [-0.25, -0.2) is 4.98 Å². The highest BCUT2D eigenvalue weighted by atomic mass is 35.5. The fraction of sp³-hybridized carbons (Fsp3) is 0.667. The number of aromatic nitrogens is 1. The third kappa shape index (κ3) is 3.23. The first-order valence-corrected chi connectivity index (χ1v) is 8.84. The minimum absolute atomic E-state index is 0.481. The van der Waals surface area contributed by atoms with Crippen LogP contribution in [0.2, 0.25) is 5.02 Å². The molecule has 0 spiro atoms. The highest BCUT2D eigenvalue weighted by Crippen LogP contribution is 2.32. The normalized spacial score (nSPS) is 26.9. The maximum atomic E-state index is 6.47. The van der Waals surface area contributed by atoms with E-state index in [1.54, 1.807) is 0 Å². The van der Waals surface area contributed by atoms with E-state index in [-0.39, 0.29) is 0 Å². The van der Waals surface area contributed by atoms with Gasteiger partial charge in [-0.2, -0.15) is 11.8 Å². The average molecular weight is 312 g/mol. The van der Waals surface area contributed by atoms with Crippen LogP contribution in [0.3, 0.4) is 0 Å². The van der Waals surface area contributed by atoms with Crippen molar-refractivity contribution in [1.82, 2.24) is 10.3 Å². The predicted molar refractivity (Wildman–Crippen MR) is 87.8 cm³/mol. The fourth-order valence-electron chi connectivity index (χ4n) is 2.56. The summed E-state index contributed by atoms with van der Waals surface area (Å²) >= 11 is 8.50. The predicted octanol–water partition coefficient (Wildman–Crippen LogP) is 3.32. The molecule has 1 saturated heterocycles. The highest BCUT2D eigenvalue weighted by molar-refractivity contribution is 8.00. The first-order chi connectivity index (χ1) is 9.65. The van der Waals surface area contributed by atoms with Gasteiger partial charge in [0.05, 0.1) is 5.02 Å². The van der Waals surface area contributed by atoms with E-state index in [0.29, 0.717) is 17.3 Å². The molecule has 5 heteroatoms. The molecular weight excluding hydrogens is 290 g/mol. The molecule has 1 aromatic rings. The van der Waals surface area contributed by atoms with Crippen molar-refractivity contribution in [2.75, 3.05) is 17.2 Å². The second kappa shape index (κ2) is 6.12. The number of rotatable bonds is 4. The van der Waals surface area contributed by atoms with Crippen molar-refractivity contribution in [3.05, 3.63) is 22.8 Å². The molecule has 0 bridgehead atoms. The Hall–Kier alpha value is -0.450. The van der Waals surface area contributed by atoms with Crippen molar-refractivity contribution in [3.8, 4) is 0 Å². The van der Waals surface area contributed by atoms with Gasteiger partial charge in [-0.15, -0.1) is 0 Å². The molecule has 1 aliphatic carbocycles. The average Bonchev–Trinajstić information content (AvgIpc) is 3.24. The third-order valence-corrected chi connectivity index (χ3v) is 5.82. The quantitative estimate of drug-likeness (QED) is 0.923. The van der Waals surface area contributed by atoms with Crippen molar-refractivity contribution in [1.29, 1.82) is 0 Å². The van der Waals surface area contributed by atoms with Gasteiger partial charge < -0.3 is 10.2 Å². The van der Waals surface area contributed by atoms with Crippen LogP contribution in [0.1, 0.15) is 32.3 Å². The van der Waals surface area contributed by atoms with Gasteiger partial charge in [-0.05, 0) is 31.4 Å². The molecule has 3 nitrogen and oxygen atoms in total. The van der Waals surface area contributed by atoms with Crippen LogP contribution < -0.4 is 10.2 Å². The Morgan fingerprint density at radius 1 is 1.45 bits per heavy atom. The lowest BCUT2D eigenvalue weighted by Gasteiger charge is -2.38. The second-order valence-electron chi connectivity index (χ2n) is 5.81. The zero-order valence-electron chi connectivity index (χ0n) is 12.1. The molecule has 2 heterocycles. The van der Waals surface area contributed by atoms with Gasteiger partial charge >= 0.3 is 0 Å². The van der Waals surface area contributed by atoms with E-state index in [1.165, 1.54) is 18.4 Å². The minimum Gasteiger partial charge on any atom is -0.351 e. The number of nitrogens with one attached hydrogen (secondary N) is 1. The molecule has 2 fully saturated rings. The number of pyridine rings is 1. The molecule has 0 aromatic carbocycles. The van der Waals surface area contributed by atoms with Gasteiger partial charge in [0.1, 0.15) is 5.82 Å². The molecule has 1 N–H and O–H groups in total. The molecule has 2 aliphatic rings. The fourth-order valence-corrected chi connectivity index (χ4v) is 3.96. The molecule has 1 aliphatic heterocycles. The van der Waals surface area contributed by atoms with Crippen LogP contribution >= 0.6 is 23.4 Å². The SMILES string of the molecule is CC1SCCN(c2ncc(CNC3CC3)cc2Cl)C1C. The molecular formula is C15H22ClN3S.